The van der Waals surface area contributed by atoms with E-state index in [1.165, 1.54) is 16.7 Å². The van der Waals surface area contributed by atoms with Crippen molar-refractivity contribution in [2.75, 3.05) is 18.0 Å². The molecule has 2 aliphatic rings. The molecular formula is C21H26F3N7O2S2. The summed E-state index contributed by atoms with van der Waals surface area (Å²) in [6.07, 6.45) is -0.861. The molecule has 2 fully saturated rings. The van der Waals surface area contributed by atoms with Crippen LogP contribution in [0.5, 0.6) is 0 Å². The molecule has 14 heteroatoms. The Morgan fingerprint density at radius 2 is 1.89 bits per heavy atom. The monoisotopic (exact) mass is 529 g/mol. The smallest absolute Gasteiger partial charge is 0.291 e. The molecule has 9 nitrogen and oxygen atoms in total. The van der Waals surface area contributed by atoms with Crippen LogP contribution in [0.15, 0.2) is 17.2 Å². The Morgan fingerprint density at radius 3 is 2.46 bits per heavy atom. The molecule has 0 aromatic carbocycles. The van der Waals surface area contributed by atoms with Gasteiger partial charge in [-0.15, -0.1) is 10.2 Å². The van der Waals surface area contributed by atoms with E-state index in [-0.39, 0.29) is 39.2 Å². The number of hydrogen-bond donors (Lipinski definition) is 2. The number of imidazole rings is 1. The Morgan fingerprint density at radius 1 is 1.23 bits per heavy atom. The normalized spacial score (nSPS) is 27.2. The highest BCUT2D eigenvalue weighted by Gasteiger charge is 2.49. The zero-order valence-corrected chi connectivity index (χ0v) is 21.2. The predicted octanol–water partition coefficient (Wildman–Crippen LogP) is 3.19. The Kier molecular flexibility index (Phi) is 5.85. The number of alkyl halides is 2. The van der Waals surface area contributed by atoms with Gasteiger partial charge in [-0.1, -0.05) is 18.3 Å². The minimum absolute atomic E-state index is 0.0301. The number of anilines is 1. The molecule has 0 spiro atoms. The average molecular weight is 530 g/mol. The highest BCUT2D eigenvalue weighted by atomic mass is 32.2. The van der Waals surface area contributed by atoms with Crippen LogP contribution in [0.1, 0.15) is 45.5 Å². The van der Waals surface area contributed by atoms with Gasteiger partial charge in [-0.2, -0.15) is 9.37 Å². The largest absolute Gasteiger partial charge is 0.367 e. The molecule has 35 heavy (non-hydrogen) atoms. The van der Waals surface area contributed by atoms with Crippen molar-refractivity contribution in [1.82, 2.24) is 29.6 Å². The lowest BCUT2D eigenvalue weighted by Gasteiger charge is -2.38. The molecule has 3 aromatic rings. The van der Waals surface area contributed by atoms with Crippen molar-refractivity contribution in [3.05, 3.63) is 23.2 Å². The predicted molar refractivity (Wildman–Crippen MR) is 126 cm³/mol. The van der Waals surface area contributed by atoms with E-state index in [9.17, 15) is 17.2 Å². The van der Waals surface area contributed by atoms with Crippen LogP contribution in [0, 0.1) is 11.9 Å². The van der Waals surface area contributed by atoms with E-state index in [1.54, 1.807) is 0 Å². The molecular weight excluding hydrogens is 503 g/mol. The summed E-state index contributed by atoms with van der Waals surface area (Å²) in [6.45, 7) is 8.80. The second kappa shape index (κ2) is 8.39. The third kappa shape index (κ3) is 4.41. The highest BCUT2D eigenvalue weighted by Crippen LogP contribution is 2.44. The summed E-state index contributed by atoms with van der Waals surface area (Å²) < 4.78 is 72.4. The van der Waals surface area contributed by atoms with Gasteiger partial charge >= 0.3 is 0 Å². The molecule has 2 N–H and O–H groups in total. The number of rotatable bonds is 6. The van der Waals surface area contributed by atoms with Crippen molar-refractivity contribution in [2.24, 2.45) is 5.92 Å². The Bertz CT molecular complexity index is 1380. The molecule has 3 aromatic heterocycles. The van der Waals surface area contributed by atoms with E-state index in [4.69, 9.17) is 0 Å². The van der Waals surface area contributed by atoms with Gasteiger partial charge in [0, 0.05) is 36.9 Å². The molecule has 0 amide bonds. The van der Waals surface area contributed by atoms with Crippen molar-refractivity contribution >= 4 is 32.6 Å². The molecule has 4 atom stereocenters. The maximum absolute atomic E-state index is 15.3. The van der Waals surface area contributed by atoms with Gasteiger partial charge in [-0.25, -0.2) is 21.9 Å². The lowest BCUT2D eigenvalue weighted by molar-refractivity contribution is 0.150. The number of sulfonamides is 1. The quantitative estimate of drug-likeness (QED) is 0.505. The second-order valence-electron chi connectivity index (χ2n) is 9.75. The Labute approximate surface area is 204 Å². The van der Waals surface area contributed by atoms with Gasteiger partial charge in [0.05, 0.1) is 5.69 Å². The lowest BCUT2D eigenvalue weighted by Crippen LogP contribution is -2.54. The second-order valence-corrected chi connectivity index (χ2v) is 12.4. The number of fused-ring (bicyclic) bond motifs is 1. The summed E-state index contributed by atoms with van der Waals surface area (Å²) >= 11 is 0.587. The molecule has 0 unspecified atom stereocenters. The molecule has 1 saturated carbocycles. The van der Waals surface area contributed by atoms with E-state index in [0.717, 1.165) is 0 Å². The fourth-order valence-corrected chi connectivity index (χ4v) is 6.90. The minimum Gasteiger partial charge on any atom is -0.367 e. The number of piperazine rings is 1. The Balaban J connectivity index is 1.70. The first-order chi connectivity index (χ1) is 16.4. The van der Waals surface area contributed by atoms with E-state index < -0.39 is 32.9 Å². The first kappa shape index (κ1) is 24.4. The summed E-state index contributed by atoms with van der Waals surface area (Å²) in [5.41, 5.74) is -0.141. The van der Waals surface area contributed by atoms with Gasteiger partial charge in [-0.3, -0.25) is 4.40 Å². The number of nitrogens with one attached hydrogen (secondary N) is 2. The van der Waals surface area contributed by atoms with Crippen LogP contribution in [0.25, 0.3) is 16.3 Å². The van der Waals surface area contributed by atoms with Crippen LogP contribution < -0.4 is 14.9 Å². The summed E-state index contributed by atoms with van der Waals surface area (Å²) in [4.78, 5) is 5.79. The molecule has 1 aliphatic carbocycles. The van der Waals surface area contributed by atoms with Crippen LogP contribution in [0.4, 0.5) is 18.9 Å². The standard InChI is InChI=1S/C21H26F3N7O2S2/c1-10-6-21(10,4)29-35(32,33)13-5-14(30-7-11(2)25-12(3)8-30)15-17(24)26-18(31(15)9-13)20-28-27-19(34-20)16(22)23/h5,9-12,16,25,29H,6-8H2,1-4H3/t10-,11+,12+,21+/m1/s1. The molecule has 4 heterocycles. The highest BCUT2D eigenvalue weighted by molar-refractivity contribution is 7.89. The van der Waals surface area contributed by atoms with Crippen LogP contribution in [-0.4, -0.2) is 58.7 Å². The van der Waals surface area contributed by atoms with Crippen LogP contribution in [0.3, 0.4) is 0 Å². The molecule has 190 valence electrons. The zero-order valence-electron chi connectivity index (χ0n) is 19.6. The SMILES string of the molecule is C[C@@H]1C[C@]1(C)NS(=O)(=O)c1cc(N2C[C@H](C)N[C@@H](C)C2)c2c(F)nc(-c3nnc(C(F)F)s3)n2c1. The van der Waals surface area contributed by atoms with Crippen molar-refractivity contribution < 1.29 is 21.6 Å². The van der Waals surface area contributed by atoms with Gasteiger partial charge in [0.25, 0.3) is 6.43 Å². The summed E-state index contributed by atoms with van der Waals surface area (Å²) in [5.74, 6) is -0.740. The third-order valence-corrected chi connectivity index (χ3v) is 9.20. The van der Waals surface area contributed by atoms with Gasteiger partial charge in [-0.05, 0) is 39.2 Å². The zero-order chi connectivity index (χ0) is 25.3. The van der Waals surface area contributed by atoms with Crippen molar-refractivity contribution in [3.8, 4) is 10.8 Å². The van der Waals surface area contributed by atoms with Crippen LogP contribution >= 0.6 is 11.3 Å². The number of halogens is 3. The van der Waals surface area contributed by atoms with Gasteiger partial charge in [0.2, 0.25) is 16.0 Å². The van der Waals surface area contributed by atoms with Gasteiger partial charge in [0.1, 0.15) is 10.4 Å². The fraction of sp³-hybridized carbons (Fsp3) is 0.571. The summed E-state index contributed by atoms with van der Waals surface area (Å²) in [7, 11) is -3.98. The number of hydrogen-bond acceptors (Lipinski definition) is 8. The van der Waals surface area contributed by atoms with Crippen molar-refractivity contribution in [3.63, 3.8) is 0 Å². The molecule has 0 bridgehead atoms. The fourth-order valence-electron chi connectivity index (χ4n) is 4.69. The average Bonchev–Trinajstić information content (AvgIpc) is 3.12. The van der Waals surface area contributed by atoms with E-state index >= 15 is 4.39 Å². The Hall–Kier alpha value is -2.29. The van der Waals surface area contributed by atoms with E-state index in [0.29, 0.717) is 36.5 Å². The summed E-state index contributed by atoms with van der Waals surface area (Å²) in [6, 6.07) is 1.61. The maximum atomic E-state index is 15.3. The van der Waals surface area contributed by atoms with Gasteiger partial charge in [0.15, 0.2) is 15.8 Å². The summed E-state index contributed by atoms with van der Waals surface area (Å²) in [5, 5.41) is 10.1. The molecule has 0 radical (unpaired) electrons. The molecule has 5 rings (SSSR count). The van der Waals surface area contributed by atoms with Crippen molar-refractivity contribution in [2.45, 2.75) is 63.1 Å². The number of aromatic nitrogens is 4. The first-order valence-electron chi connectivity index (χ1n) is 11.3. The van der Waals surface area contributed by atoms with Crippen LogP contribution in [0.2, 0.25) is 0 Å². The number of nitrogens with zero attached hydrogens (tertiary/aromatic N) is 5. The van der Waals surface area contributed by atoms with Crippen LogP contribution in [-0.2, 0) is 10.0 Å². The third-order valence-electron chi connectivity index (χ3n) is 6.70. The van der Waals surface area contributed by atoms with E-state index in [2.05, 4.69) is 25.2 Å². The number of pyridine rings is 1. The first-order valence-corrected chi connectivity index (χ1v) is 13.6. The van der Waals surface area contributed by atoms with Gasteiger partial charge < -0.3 is 10.2 Å². The van der Waals surface area contributed by atoms with Crippen molar-refractivity contribution in [1.29, 1.82) is 0 Å². The molecule has 1 aliphatic heterocycles. The maximum Gasteiger partial charge on any atom is 0.291 e. The lowest BCUT2D eigenvalue weighted by atomic mass is 10.1. The van der Waals surface area contributed by atoms with E-state index in [1.807, 2.05) is 32.6 Å². The minimum atomic E-state index is -3.98. The molecule has 1 saturated heterocycles. The topological polar surface area (TPSA) is 105 Å².